The standard InChI is InChI=1S/C32H30N6O4S3/c1-20-8-4-9-21(16-20)37-28(18-33-31(40)27-13-7-15-44-27)34-35-32(37)45-19-29(39)38-24(17-23(36-38)26-12-6-14-43-26)22-10-5-11-25(41-2)30(22)42-3/h4-16,24H,17-19H2,1-3H3,(H,33,40)/t24-/m0/s1. The summed E-state index contributed by atoms with van der Waals surface area (Å²) in [6.07, 6.45) is 0.536. The summed E-state index contributed by atoms with van der Waals surface area (Å²) in [4.78, 5) is 28.2. The number of carbonyl (C=O) groups is 2. The van der Waals surface area contributed by atoms with Crippen LogP contribution in [0, 0.1) is 6.92 Å². The van der Waals surface area contributed by atoms with Crippen molar-refractivity contribution in [1.29, 1.82) is 0 Å². The number of hydrogen-bond acceptors (Lipinski definition) is 10. The van der Waals surface area contributed by atoms with Crippen molar-refractivity contribution in [2.24, 2.45) is 5.10 Å². The molecule has 5 aromatic rings. The predicted octanol–water partition coefficient (Wildman–Crippen LogP) is 6.12. The first kappa shape index (κ1) is 30.6. The molecule has 230 valence electrons. The van der Waals surface area contributed by atoms with E-state index in [1.54, 1.807) is 36.6 Å². The summed E-state index contributed by atoms with van der Waals surface area (Å²) < 4.78 is 13.2. The molecular formula is C32H30N6O4S3. The van der Waals surface area contributed by atoms with Crippen molar-refractivity contribution in [2.45, 2.75) is 31.1 Å². The second kappa shape index (κ2) is 13.7. The maximum absolute atomic E-state index is 13.9. The molecule has 0 radical (unpaired) electrons. The van der Waals surface area contributed by atoms with Gasteiger partial charge in [0.05, 0.1) is 48.0 Å². The number of aromatic nitrogens is 3. The summed E-state index contributed by atoms with van der Waals surface area (Å²) in [7, 11) is 3.19. The maximum Gasteiger partial charge on any atom is 0.261 e. The van der Waals surface area contributed by atoms with Crippen LogP contribution < -0.4 is 14.8 Å². The van der Waals surface area contributed by atoms with Crippen LogP contribution in [0.25, 0.3) is 5.69 Å². The number of thioether (sulfide) groups is 1. The Morgan fingerprint density at radius 1 is 1.00 bits per heavy atom. The lowest BCUT2D eigenvalue weighted by atomic mass is 9.99. The molecule has 13 heteroatoms. The van der Waals surface area contributed by atoms with Gasteiger partial charge in [0.15, 0.2) is 22.5 Å². The van der Waals surface area contributed by atoms with Crippen LogP contribution in [0.2, 0.25) is 0 Å². The number of rotatable bonds is 11. The van der Waals surface area contributed by atoms with E-state index in [0.717, 1.165) is 27.4 Å². The molecule has 1 atom stereocenters. The van der Waals surface area contributed by atoms with Crippen molar-refractivity contribution in [2.75, 3.05) is 20.0 Å². The molecule has 1 N–H and O–H groups in total. The number of ether oxygens (including phenoxy) is 2. The smallest absolute Gasteiger partial charge is 0.261 e. The van der Waals surface area contributed by atoms with E-state index >= 15 is 0 Å². The van der Waals surface area contributed by atoms with Gasteiger partial charge in [-0.05, 0) is 53.6 Å². The van der Waals surface area contributed by atoms with Crippen LogP contribution >= 0.6 is 34.4 Å². The van der Waals surface area contributed by atoms with Crippen LogP contribution in [0.3, 0.4) is 0 Å². The van der Waals surface area contributed by atoms with E-state index in [4.69, 9.17) is 14.6 Å². The zero-order valence-electron chi connectivity index (χ0n) is 24.8. The Hall–Kier alpha value is -4.46. The Labute approximate surface area is 272 Å². The number of hydrogen-bond donors (Lipinski definition) is 1. The molecule has 6 rings (SSSR count). The van der Waals surface area contributed by atoms with E-state index in [1.807, 2.05) is 82.9 Å². The van der Waals surface area contributed by atoms with E-state index in [1.165, 1.54) is 23.1 Å². The number of nitrogens with one attached hydrogen (secondary N) is 1. The van der Waals surface area contributed by atoms with Crippen LogP contribution in [0.1, 0.15) is 44.0 Å². The highest BCUT2D eigenvalue weighted by Crippen LogP contribution is 2.42. The first-order valence-corrected chi connectivity index (χ1v) is 16.8. The molecule has 0 fully saturated rings. The van der Waals surface area contributed by atoms with Crippen molar-refractivity contribution in [1.82, 2.24) is 25.1 Å². The largest absolute Gasteiger partial charge is 0.493 e. The Bertz CT molecular complexity index is 1840. The third-order valence-corrected chi connectivity index (χ3v) is 9.90. The monoisotopic (exact) mass is 658 g/mol. The Morgan fingerprint density at radius 3 is 2.56 bits per heavy atom. The topological polar surface area (TPSA) is 111 Å². The Kier molecular flexibility index (Phi) is 9.29. The minimum atomic E-state index is -0.377. The van der Waals surface area contributed by atoms with Gasteiger partial charge in [-0.15, -0.1) is 32.9 Å². The molecule has 1 aliphatic heterocycles. The van der Waals surface area contributed by atoms with E-state index in [2.05, 4.69) is 15.5 Å². The first-order chi connectivity index (χ1) is 22.0. The highest BCUT2D eigenvalue weighted by molar-refractivity contribution is 7.99. The fraction of sp³-hybridized carbons (Fsp3) is 0.219. The number of carbonyl (C=O) groups excluding carboxylic acids is 2. The van der Waals surface area contributed by atoms with Gasteiger partial charge in [-0.1, -0.05) is 48.2 Å². The van der Waals surface area contributed by atoms with Crippen molar-refractivity contribution in [3.8, 4) is 17.2 Å². The molecule has 3 aromatic heterocycles. The Morgan fingerprint density at radius 2 is 1.82 bits per heavy atom. The molecule has 4 heterocycles. The van der Waals surface area contributed by atoms with Gasteiger partial charge in [0, 0.05) is 17.7 Å². The zero-order chi connectivity index (χ0) is 31.3. The third-order valence-electron chi connectivity index (χ3n) is 7.20. The number of thiophene rings is 2. The van der Waals surface area contributed by atoms with E-state index < -0.39 is 0 Å². The molecule has 2 aromatic carbocycles. The summed E-state index contributed by atoms with van der Waals surface area (Å²) >= 11 is 4.23. The molecule has 1 aliphatic rings. The highest BCUT2D eigenvalue weighted by Gasteiger charge is 2.36. The average molecular weight is 659 g/mol. The molecule has 45 heavy (non-hydrogen) atoms. The van der Waals surface area contributed by atoms with Crippen molar-refractivity contribution >= 4 is 52.0 Å². The summed E-state index contributed by atoms with van der Waals surface area (Å²) in [5, 5.41) is 22.5. The molecule has 0 aliphatic carbocycles. The molecule has 10 nitrogen and oxygen atoms in total. The molecule has 0 unspecified atom stereocenters. The Balaban J connectivity index is 1.27. The number of para-hydroxylation sites is 1. The number of benzene rings is 2. The van der Waals surface area contributed by atoms with Crippen LogP contribution in [-0.4, -0.2) is 57.3 Å². The summed E-state index contributed by atoms with van der Waals surface area (Å²) in [5.74, 6) is 1.42. The lowest BCUT2D eigenvalue weighted by molar-refractivity contribution is -0.130. The quantitative estimate of drug-likeness (QED) is 0.170. The third kappa shape index (κ3) is 6.51. The van der Waals surface area contributed by atoms with Crippen molar-refractivity contribution < 1.29 is 19.1 Å². The molecule has 0 spiro atoms. The van der Waals surface area contributed by atoms with Gasteiger partial charge in [0.2, 0.25) is 0 Å². The fourth-order valence-corrected chi connectivity index (χ4v) is 7.31. The number of hydrazone groups is 1. The summed E-state index contributed by atoms with van der Waals surface area (Å²) in [6.45, 7) is 2.18. The van der Waals surface area contributed by atoms with Crippen molar-refractivity contribution in [3.05, 3.63) is 104 Å². The molecule has 0 bridgehead atoms. The number of nitrogens with zero attached hydrogens (tertiary/aromatic N) is 5. The van der Waals surface area contributed by atoms with E-state index in [-0.39, 0.29) is 30.2 Å². The normalized spacial score (nSPS) is 14.3. The average Bonchev–Trinajstić information content (AvgIpc) is 3.89. The van der Waals surface area contributed by atoms with Gasteiger partial charge in [0.1, 0.15) is 0 Å². The first-order valence-electron chi connectivity index (χ1n) is 14.1. The van der Waals surface area contributed by atoms with Crippen molar-refractivity contribution in [3.63, 3.8) is 0 Å². The summed E-state index contributed by atoms with van der Waals surface area (Å²) in [5.41, 5.74) is 3.56. The van der Waals surface area contributed by atoms with Gasteiger partial charge >= 0.3 is 0 Å². The van der Waals surface area contributed by atoms with Gasteiger partial charge < -0.3 is 14.8 Å². The summed E-state index contributed by atoms with van der Waals surface area (Å²) in [6, 6.07) is 20.8. The lowest BCUT2D eigenvalue weighted by Gasteiger charge is -2.24. The van der Waals surface area contributed by atoms with Crippen LogP contribution in [0.5, 0.6) is 11.5 Å². The number of methoxy groups -OCH3 is 2. The van der Waals surface area contributed by atoms with E-state index in [0.29, 0.717) is 33.8 Å². The van der Waals surface area contributed by atoms with Crippen LogP contribution in [-0.2, 0) is 11.3 Å². The zero-order valence-corrected chi connectivity index (χ0v) is 27.2. The molecular weight excluding hydrogens is 629 g/mol. The minimum absolute atomic E-state index is 0.0650. The highest BCUT2D eigenvalue weighted by atomic mass is 32.2. The second-order valence-corrected chi connectivity index (χ2v) is 12.9. The van der Waals surface area contributed by atoms with Gasteiger partial charge in [0.25, 0.3) is 11.8 Å². The van der Waals surface area contributed by atoms with Gasteiger partial charge in [-0.3, -0.25) is 14.2 Å². The number of amides is 2. The lowest BCUT2D eigenvalue weighted by Crippen LogP contribution is -2.29. The molecule has 2 amide bonds. The minimum Gasteiger partial charge on any atom is -0.493 e. The van der Waals surface area contributed by atoms with Crippen LogP contribution in [0.15, 0.2) is 87.7 Å². The maximum atomic E-state index is 13.9. The fourth-order valence-electron chi connectivity index (χ4n) is 5.13. The molecule has 0 saturated carbocycles. The molecule has 0 saturated heterocycles. The second-order valence-electron chi connectivity index (χ2n) is 10.1. The van der Waals surface area contributed by atoms with Gasteiger partial charge in [-0.2, -0.15) is 5.10 Å². The van der Waals surface area contributed by atoms with Gasteiger partial charge in [-0.25, -0.2) is 5.01 Å². The predicted molar refractivity (Wildman–Crippen MR) is 177 cm³/mol. The van der Waals surface area contributed by atoms with E-state index in [9.17, 15) is 9.59 Å². The van der Waals surface area contributed by atoms with Crippen LogP contribution in [0.4, 0.5) is 0 Å². The number of aryl methyl sites for hydroxylation is 1. The SMILES string of the molecule is COc1cccc([C@@H]2CC(c3cccs3)=NN2C(=O)CSc2nnc(CNC(=O)c3cccs3)n2-c2cccc(C)c2)c1OC.